The molecule has 0 aliphatic rings. The zero-order valence-corrected chi connectivity index (χ0v) is 18.7. The maximum absolute atomic E-state index is 12.1. The third-order valence-electron chi connectivity index (χ3n) is 4.29. The molecule has 3 rings (SSSR count). The van der Waals surface area contributed by atoms with Crippen LogP contribution in [0.15, 0.2) is 78.9 Å². The van der Waals surface area contributed by atoms with Crippen molar-refractivity contribution in [3.63, 3.8) is 0 Å². The summed E-state index contributed by atoms with van der Waals surface area (Å²) in [6, 6.07) is 25.5. The van der Waals surface area contributed by atoms with E-state index in [0.717, 1.165) is 16.7 Å². The molecule has 0 fully saturated rings. The van der Waals surface area contributed by atoms with Gasteiger partial charge in [-0.25, -0.2) is 0 Å². The summed E-state index contributed by atoms with van der Waals surface area (Å²) < 4.78 is 16.6. The number of alkyl halides is 1. The van der Waals surface area contributed by atoms with Crippen LogP contribution in [0.1, 0.15) is 30.5 Å². The first kappa shape index (κ1) is 21.9. The number of carbonyl (C=O) groups is 1. The largest absolute Gasteiger partial charge is 0.489 e. The second-order valence-electron chi connectivity index (χ2n) is 7.41. The van der Waals surface area contributed by atoms with Gasteiger partial charge in [0.05, 0.1) is 0 Å². The van der Waals surface area contributed by atoms with E-state index in [1.165, 1.54) is 0 Å². The van der Waals surface area contributed by atoms with Crippen molar-refractivity contribution in [1.29, 1.82) is 0 Å². The van der Waals surface area contributed by atoms with Gasteiger partial charge in [-0.15, -0.1) is 0 Å². The van der Waals surface area contributed by atoms with Gasteiger partial charge in [0.2, 0.25) is 0 Å². The molecule has 4 nitrogen and oxygen atoms in total. The molecule has 0 amide bonds. The van der Waals surface area contributed by atoms with Crippen LogP contribution >= 0.6 is 15.9 Å². The summed E-state index contributed by atoms with van der Waals surface area (Å²) in [5.74, 6) is 0.993. The van der Waals surface area contributed by atoms with Gasteiger partial charge in [-0.05, 0) is 42.7 Å². The molecule has 0 atom stereocenters. The lowest BCUT2D eigenvalue weighted by Gasteiger charge is -2.16. The highest BCUT2D eigenvalue weighted by Crippen LogP contribution is 2.26. The van der Waals surface area contributed by atoms with Gasteiger partial charge in [-0.1, -0.05) is 76.6 Å². The number of esters is 1. The lowest BCUT2D eigenvalue weighted by molar-refractivity contribution is -0.146. The Labute approximate surface area is 185 Å². The van der Waals surface area contributed by atoms with Crippen molar-refractivity contribution in [2.75, 3.05) is 0 Å². The van der Waals surface area contributed by atoms with Crippen molar-refractivity contribution < 1.29 is 19.0 Å². The third-order valence-corrected chi connectivity index (χ3v) is 4.62. The average molecular weight is 469 g/mol. The van der Waals surface area contributed by atoms with E-state index in [4.69, 9.17) is 14.2 Å². The molecular weight excluding hydrogens is 444 g/mol. The molecule has 0 radical (unpaired) electrons. The minimum Gasteiger partial charge on any atom is -0.489 e. The van der Waals surface area contributed by atoms with Crippen LogP contribution < -0.4 is 9.47 Å². The van der Waals surface area contributed by atoms with Crippen molar-refractivity contribution in [1.82, 2.24) is 0 Å². The summed E-state index contributed by atoms with van der Waals surface area (Å²) >= 11 is 3.32. The first-order chi connectivity index (χ1) is 14.4. The number of hydrogen-bond acceptors (Lipinski definition) is 4. The van der Waals surface area contributed by atoms with Crippen LogP contribution in [-0.2, 0) is 29.4 Å². The summed E-state index contributed by atoms with van der Waals surface area (Å²) in [5, 5.41) is 0. The minimum absolute atomic E-state index is 0.137. The minimum atomic E-state index is -0.735. The number of ether oxygens (including phenoxy) is 3. The Morgan fingerprint density at radius 2 is 1.20 bits per heavy atom. The standard InChI is InChI=1S/C25H25BrO4/c1-25(2,26)24(27)30-18-21-13-22(28-16-19-9-5-3-6-10-19)15-23(14-21)29-17-20-11-7-4-8-12-20/h3-15H,16-18H2,1-2H3. The molecule has 0 heterocycles. The summed E-state index contributed by atoms with van der Waals surface area (Å²) in [6.07, 6.45) is 0. The van der Waals surface area contributed by atoms with Crippen LogP contribution in [0.2, 0.25) is 0 Å². The second-order valence-corrected chi connectivity index (χ2v) is 9.39. The van der Waals surface area contributed by atoms with E-state index in [9.17, 15) is 4.79 Å². The van der Waals surface area contributed by atoms with Gasteiger partial charge < -0.3 is 14.2 Å². The van der Waals surface area contributed by atoms with Gasteiger partial charge in [-0.3, -0.25) is 4.79 Å². The molecule has 3 aromatic rings. The summed E-state index contributed by atoms with van der Waals surface area (Å²) in [5.41, 5.74) is 2.94. The highest BCUT2D eigenvalue weighted by molar-refractivity contribution is 9.10. The number of hydrogen-bond donors (Lipinski definition) is 0. The summed E-state index contributed by atoms with van der Waals surface area (Å²) in [7, 11) is 0. The Bertz CT molecular complexity index is 888. The van der Waals surface area contributed by atoms with Crippen molar-refractivity contribution >= 4 is 21.9 Å². The van der Waals surface area contributed by atoms with Crippen LogP contribution in [0, 0.1) is 0 Å². The van der Waals surface area contributed by atoms with Crippen LogP contribution in [-0.4, -0.2) is 10.3 Å². The van der Waals surface area contributed by atoms with Gasteiger partial charge in [0.25, 0.3) is 0 Å². The quantitative estimate of drug-likeness (QED) is 0.282. The van der Waals surface area contributed by atoms with E-state index >= 15 is 0 Å². The van der Waals surface area contributed by atoms with E-state index in [1.54, 1.807) is 13.8 Å². The van der Waals surface area contributed by atoms with Crippen LogP contribution in [0.5, 0.6) is 11.5 Å². The lowest BCUT2D eigenvalue weighted by atomic mass is 10.2. The molecule has 30 heavy (non-hydrogen) atoms. The van der Waals surface area contributed by atoms with Crippen molar-refractivity contribution in [3.8, 4) is 11.5 Å². The van der Waals surface area contributed by atoms with Crippen LogP contribution in [0.3, 0.4) is 0 Å². The van der Waals surface area contributed by atoms with E-state index in [1.807, 2.05) is 78.9 Å². The molecule has 0 unspecified atom stereocenters. The smallest absolute Gasteiger partial charge is 0.322 e. The Balaban J connectivity index is 1.73. The number of benzene rings is 3. The van der Waals surface area contributed by atoms with E-state index < -0.39 is 4.32 Å². The zero-order chi connectivity index (χ0) is 21.4. The van der Waals surface area contributed by atoms with Crippen molar-refractivity contribution in [2.24, 2.45) is 0 Å². The summed E-state index contributed by atoms with van der Waals surface area (Å²) in [6.45, 7) is 4.53. The third kappa shape index (κ3) is 6.92. The predicted molar refractivity (Wildman–Crippen MR) is 121 cm³/mol. The van der Waals surface area contributed by atoms with Gasteiger partial charge >= 0.3 is 5.97 Å². The molecular formula is C25H25BrO4. The molecule has 3 aromatic carbocycles. The molecule has 0 spiro atoms. The molecule has 0 bridgehead atoms. The molecule has 0 saturated carbocycles. The normalized spacial score (nSPS) is 11.0. The van der Waals surface area contributed by atoms with Gasteiger partial charge in [0.1, 0.15) is 35.6 Å². The van der Waals surface area contributed by atoms with Crippen molar-refractivity contribution in [3.05, 3.63) is 95.6 Å². The van der Waals surface area contributed by atoms with E-state index in [-0.39, 0.29) is 12.6 Å². The molecule has 0 aromatic heterocycles. The number of rotatable bonds is 9. The Morgan fingerprint density at radius 1 is 0.733 bits per heavy atom. The number of halogens is 1. The molecule has 0 saturated heterocycles. The number of carbonyl (C=O) groups excluding carboxylic acids is 1. The fourth-order valence-corrected chi connectivity index (χ4v) is 2.80. The predicted octanol–water partition coefficient (Wildman–Crippen LogP) is 6.06. The van der Waals surface area contributed by atoms with Gasteiger partial charge in [0, 0.05) is 6.07 Å². The van der Waals surface area contributed by atoms with Gasteiger partial charge in [-0.2, -0.15) is 0 Å². The fraction of sp³-hybridized carbons (Fsp3) is 0.240. The topological polar surface area (TPSA) is 44.8 Å². The molecule has 0 aliphatic carbocycles. The molecule has 0 N–H and O–H groups in total. The maximum Gasteiger partial charge on any atom is 0.322 e. The Hall–Kier alpha value is -2.79. The highest BCUT2D eigenvalue weighted by atomic mass is 79.9. The van der Waals surface area contributed by atoms with Crippen LogP contribution in [0.25, 0.3) is 0 Å². The molecule has 5 heteroatoms. The summed E-state index contributed by atoms with van der Waals surface area (Å²) in [4.78, 5) is 12.1. The van der Waals surface area contributed by atoms with Gasteiger partial charge in [0.15, 0.2) is 0 Å². The van der Waals surface area contributed by atoms with Crippen LogP contribution in [0.4, 0.5) is 0 Å². The second kappa shape index (κ2) is 10.3. The Morgan fingerprint density at radius 3 is 1.63 bits per heavy atom. The molecule has 156 valence electrons. The SMILES string of the molecule is CC(C)(Br)C(=O)OCc1cc(OCc2ccccc2)cc(OCc2ccccc2)c1. The lowest BCUT2D eigenvalue weighted by Crippen LogP contribution is -2.26. The fourth-order valence-electron chi connectivity index (χ4n) is 2.68. The highest BCUT2D eigenvalue weighted by Gasteiger charge is 2.25. The Kier molecular flexibility index (Phi) is 7.52. The monoisotopic (exact) mass is 468 g/mol. The molecule has 0 aliphatic heterocycles. The zero-order valence-electron chi connectivity index (χ0n) is 17.1. The average Bonchev–Trinajstić information content (AvgIpc) is 2.75. The maximum atomic E-state index is 12.1. The first-order valence-corrected chi connectivity index (χ1v) is 10.5. The van der Waals surface area contributed by atoms with E-state index in [2.05, 4.69) is 15.9 Å². The van der Waals surface area contributed by atoms with Crippen molar-refractivity contribution in [2.45, 2.75) is 38.0 Å². The first-order valence-electron chi connectivity index (χ1n) is 9.74. The van der Waals surface area contributed by atoms with E-state index in [0.29, 0.717) is 24.7 Å².